The van der Waals surface area contributed by atoms with Crippen LogP contribution in [0.5, 0.6) is 5.75 Å². The van der Waals surface area contributed by atoms with Crippen molar-refractivity contribution >= 4 is 38.8 Å². The van der Waals surface area contributed by atoms with Gasteiger partial charge >= 0.3 is 0 Å². The molecule has 0 saturated carbocycles. The summed E-state index contributed by atoms with van der Waals surface area (Å²) in [5.74, 6) is 0.159. The molecule has 0 radical (unpaired) electrons. The minimum Gasteiger partial charge on any atom is -0.506 e. The summed E-state index contributed by atoms with van der Waals surface area (Å²) in [7, 11) is 0. The van der Waals surface area contributed by atoms with Crippen LogP contribution >= 0.6 is 0 Å². The van der Waals surface area contributed by atoms with E-state index < -0.39 is 0 Å². The third-order valence-corrected chi connectivity index (χ3v) is 3.89. The highest BCUT2D eigenvalue weighted by molar-refractivity contribution is 5.79. The van der Waals surface area contributed by atoms with Crippen molar-refractivity contribution in [2.24, 2.45) is 0 Å². The van der Waals surface area contributed by atoms with Gasteiger partial charge in [0.1, 0.15) is 33.3 Å². The second-order valence-electron chi connectivity index (χ2n) is 5.85. The van der Waals surface area contributed by atoms with Gasteiger partial charge in [-0.15, -0.1) is 0 Å². The minimum absolute atomic E-state index is 0.159. The Labute approximate surface area is 162 Å². The number of anilines is 1. The van der Waals surface area contributed by atoms with Gasteiger partial charge in [-0.1, -0.05) is 18.2 Å². The number of hydrogen-bond donors (Lipinski definition) is 5. The summed E-state index contributed by atoms with van der Waals surface area (Å²) in [4.78, 5) is 0. The van der Waals surface area contributed by atoms with Gasteiger partial charge in [-0.2, -0.15) is 46.2 Å². The van der Waals surface area contributed by atoms with Crippen LogP contribution in [-0.2, 0) is 0 Å². The largest absolute Gasteiger partial charge is 0.506 e. The highest BCUT2D eigenvalue weighted by atomic mass is 16.3. The predicted molar refractivity (Wildman–Crippen MR) is 108 cm³/mol. The molecule has 3 aromatic heterocycles. The molecule has 0 aliphatic rings. The van der Waals surface area contributed by atoms with Crippen molar-refractivity contribution in [3.63, 3.8) is 0 Å². The summed E-state index contributed by atoms with van der Waals surface area (Å²) >= 11 is 0. The molecule has 0 atom stereocenters. The van der Waals surface area contributed by atoms with E-state index in [1.807, 2.05) is 30.3 Å². The number of aromatic nitrogens is 9. The molecule has 6 N–H and O–H groups in total. The lowest BCUT2D eigenvalue weighted by Crippen LogP contribution is -1.82. The molecule has 3 aromatic carbocycles. The molecule has 11 heteroatoms. The standard InChI is InChI=1S/C6H6N4.C6H5N3O.C6H5N3/c7-4-1-2-5-6(3-4)9-10-8-5;10-5-3-1-2-4-6(5)8-9-7-4;1-2-4-6-5(3-1)7-9-8-6/h1-3H,7H2,(H,8,9,10);1-3,10H,(H,7,8,9);1-4H,(H,7,8,9). The van der Waals surface area contributed by atoms with Gasteiger partial charge < -0.3 is 10.8 Å². The third kappa shape index (κ3) is 4.08. The number of rotatable bonds is 0. The van der Waals surface area contributed by atoms with E-state index in [9.17, 15) is 0 Å². The fourth-order valence-corrected chi connectivity index (χ4v) is 2.50. The Bertz CT molecular complexity index is 1320. The average molecular weight is 388 g/mol. The van der Waals surface area contributed by atoms with Crippen molar-refractivity contribution in [2.45, 2.75) is 0 Å². The van der Waals surface area contributed by atoms with Crippen molar-refractivity contribution in [3.05, 3.63) is 60.7 Å². The summed E-state index contributed by atoms with van der Waals surface area (Å²) in [6.45, 7) is 0. The Morgan fingerprint density at radius 1 is 0.586 bits per heavy atom. The van der Waals surface area contributed by atoms with Crippen LogP contribution in [0.2, 0.25) is 0 Å². The van der Waals surface area contributed by atoms with Crippen LogP contribution in [0.25, 0.3) is 33.1 Å². The van der Waals surface area contributed by atoms with E-state index in [1.165, 1.54) is 0 Å². The lowest BCUT2D eigenvalue weighted by atomic mass is 10.3. The Morgan fingerprint density at radius 3 is 1.83 bits per heavy atom. The van der Waals surface area contributed by atoms with E-state index in [2.05, 4.69) is 46.2 Å². The highest BCUT2D eigenvalue weighted by Crippen LogP contribution is 2.18. The van der Waals surface area contributed by atoms with Gasteiger partial charge in [0.2, 0.25) is 0 Å². The molecule has 0 fully saturated rings. The zero-order valence-corrected chi connectivity index (χ0v) is 15.0. The van der Waals surface area contributed by atoms with E-state index in [0.29, 0.717) is 16.7 Å². The van der Waals surface area contributed by atoms with Gasteiger partial charge in [-0.25, -0.2) is 0 Å². The van der Waals surface area contributed by atoms with Crippen LogP contribution in [0.4, 0.5) is 5.69 Å². The van der Waals surface area contributed by atoms with Gasteiger partial charge in [0.25, 0.3) is 0 Å². The fraction of sp³-hybridized carbons (Fsp3) is 0. The van der Waals surface area contributed by atoms with E-state index in [1.54, 1.807) is 30.3 Å². The van der Waals surface area contributed by atoms with E-state index in [-0.39, 0.29) is 5.75 Å². The summed E-state index contributed by atoms with van der Waals surface area (Å²) in [5, 5.41) is 39.6. The number of nitrogens with zero attached hydrogens (tertiary/aromatic N) is 6. The van der Waals surface area contributed by atoms with Crippen LogP contribution in [0, 0.1) is 0 Å². The quantitative estimate of drug-likeness (QED) is 0.246. The van der Waals surface area contributed by atoms with Gasteiger partial charge in [0.15, 0.2) is 5.52 Å². The van der Waals surface area contributed by atoms with Crippen LogP contribution in [-0.4, -0.2) is 51.3 Å². The molecule has 0 amide bonds. The topological polar surface area (TPSA) is 171 Å². The van der Waals surface area contributed by atoms with Crippen LogP contribution in [0.15, 0.2) is 60.7 Å². The fourth-order valence-electron chi connectivity index (χ4n) is 2.50. The predicted octanol–water partition coefficient (Wildman–Crippen LogP) is 2.16. The normalized spacial score (nSPS) is 10.3. The van der Waals surface area contributed by atoms with Crippen LogP contribution in [0.1, 0.15) is 0 Å². The minimum atomic E-state index is 0.159. The van der Waals surface area contributed by atoms with Gasteiger partial charge in [-0.3, -0.25) is 0 Å². The van der Waals surface area contributed by atoms with E-state index >= 15 is 0 Å². The lowest BCUT2D eigenvalue weighted by molar-refractivity contribution is 0.480. The molecular weight excluding hydrogens is 372 g/mol. The average Bonchev–Trinajstić information content (AvgIpc) is 3.49. The summed E-state index contributed by atoms with van der Waals surface area (Å²) in [5.41, 5.74) is 10.9. The van der Waals surface area contributed by atoms with Gasteiger partial charge in [0.05, 0.1) is 0 Å². The zero-order chi connectivity index (χ0) is 20.1. The van der Waals surface area contributed by atoms with Crippen molar-refractivity contribution in [3.8, 4) is 5.75 Å². The second kappa shape index (κ2) is 8.00. The number of aromatic hydroxyl groups is 1. The van der Waals surface area contributed by atoms with Crippen LogP contribution < -0.4 is 5.73 Å². The molecule has 0 bridgehead atoms. The smallest absolute Gasteiger partial charge is 0.154 e. The summed E-state index contributed by atoms with van der Waals surface area (Å²) < 4.78 is 0. The number of para-hydroxylation sites is 3. The summed E-state index contributed by atoms with van der Waals surface area (Å²) in [6, 6.07) is 18.2. The first-order valence-corrected chi connectivity index (χ1v) is 8.50. The number of nitrogen functional groups attached to an aromatic ring is 1. The molecule has 0 aliphatic heterocycles. The third-order valence-electron chi connectivity index (χ3n) is 3.89. The molecule has 29 heavy (non-hydrogen) atoms. The molecule has 0 aliphatic carbocycles. The molecule has 3 heterocycles. The first-order chi connectivity index (χ1) is 14.2. The number of H-pyrrole nitrogens is 3. The Morgan fingerprint density at radius 2 is 1.14 bits per heavy atom. The molecule has 0 saturated heterocycles. The molecule has 0 unspecified atom stereocenters. The van der Waals surface area contributed by atoms with Gasteiger partial charge in [-0.05, 0) is 42.5 Å². The van der Waals surface area contributed by atoms with Crippen molar-refractivity contribution in [1.29, 1.82) is 0 Å². The maximum absolute atomic E-state index is 9.14. The Kier molecular flexibility index (Phi) is 4.93. The summed E-state index contributed by atoms with van der Waals surface area (Å²) in [6.07, 6.45) is 0. The van der Waals surface area contributed by atoms with Crippen LogP contribution in [0.3, 0.4) is 0 Å². The Balaban J connectivity index is 0.000000106. The number of benzene rings is 3. The zero-order valence-electron chi connectivity index (χ0n) is 15.0. The number of nitrogens with two attached hydrogens (primary N) is 1. The second-order valence-corrected chi connectivity index (χ2v) is 5.85. The molecular formula is C18H16N10O. The number of fused-ring (bicyclic) bond motifs is 3. The monoisotopic (exact) mass is 388 g/mol. The maximum Gasteiger partial charge on any atom is 0.154 e. The van der Waals surface area contributed by atoms with E-state index in [4.69, 9.17) is 10.8 Å². The molecule has 0 spiro atoms. The van der Waals surface area contributed by atoms with Gasteiger partial charge in [0, 0.05) is 5.69 Å². The highest BCUT2D eigenvalue weighted by Gasteiger charge is 2.00. The number of hydrogen-bond acceptors (Lipinski definition) is 8. The van der Waals surface area contributed by atoms with Crippen molar-refractivity contribution < 1.29 is 5.11 Å². The SMILES string of the molecule is Nc1ccc2n[nH]nc2c1.Oc1cccc2n[nH]nc12.c1ccc2n[nH]nc2c1. The molecule has 6 rings (SSSR count). The maximum atomic E-state index is 9.14. The molecule has 11 nitrogen and oxygen atoms in total. The van der Waals surface area contributed by atoms with E-state index in [0.717, 1.165) is 22.1 Å². The number of phenolic OH excluding ortho intramolecular Hbond substituents is 1. The number of aromatic amines is 3. The lowest BCUT2D eigenvalue weighted by Gasteiger charge is -1.87. The Hall–Kier alpha value is -4.54. The first-order valence-electron chi connectivity index (χ1n) is 8.50. The molecule has 144 valence electrons. The van der Waals surface area contributed by atoms with Crippen molar-refractivity contribution in [2.75, 3.05) is 5.73 Å². The van der Waals surface area contributed by atoms with Crippen molar-refractivity contribution in [1.82, 2.24) is 46.2 Å². The number of phenols is 1. The first kappa shape index (κ1) is 17.9. The molecule has 6 aromatic rings. The number of nitrogens with one attached hydrogen (secondary N) is 3.